The third kappa shape index (κ3) is 4.09. The van der Waals surface area contributed by atoms with Gasteiger partial charge in [0.25, 0.3) is 0 Å². The number of aromatic nitrogens is 3. The molecule has 2 aromatic rings. The molecule has 6 nitrogen and oxygen atoms in total. The van der Waals surface area contributed by atoms with E-state index in [1.54, 1.807) is 6.20 Å². The van der Waals surface area contributed by atoms with Gasteiger partial charge in [0, 0.05) is 37.5 Å². The van der Waals surface area contributed by atoms with Gasteiger partial charge < -0.3 is 16.4 Å². The molecule has 0 aliphatic carbocycles. The molecule has 0 atom stereocenters. The van der Waals surface area contributed by atoms with E-state index in [2.05, 4.69) is 25.6 Å². The highest BCUT2D eigenvalue weighted by atomic mass is 15.1. The molecule has 0 aliphatic rings. The molecule has 0 saturated carbocycles. The lowest BCUT2D eigenvalue weighted by atomic mass is 10.3. The minimum absolute atomic E-state index is 0.263. The molecular formula is C13H18N6. The zero-order valence-corrected chi connectivity index (χ0v) is 10.9. The van der Waals surface area contributed by atoms with Gasteiger partial charge in [-0.1, -0.05) is 6.07 Å². The van der Waals surface area contributed by atoms with Crippen molar-refractivity contribution in [2.24, 2.45) is 0 Å². The summed E-state index contributed by atoms with van der Waals surface area (Å²) in [5.41, 5.74) is 6.70. The van der Waals surface area contributed by atoms with Gasteiger partial charge in [-0.2, -0.15) is 9.97 Å². The fraction of sp³-hybridized carbons (Fsp3) is 0.308. The third-order valence-corrected chi connectivity index (χ3v) is 2.51. The molecule has 6 heteroatoms. The summed E-state index contributed by atoms with van der Waals surface area (Å²) in [5.74, 6) is 1.72. The Morgan fingerprint density at radius 3 is 2.63 bits per heavy atom. The SMILES string of the molecule is CCNc1cc(NCCc2ccccn2)nc(N)n1. The summed E-state index contributed by atoms with van der Waals surface area (Å²) >= 11 is 0. The Hall–Kier alpha value is -2.37. The van der Waals surface area contributed by atoms with Gasteiger partial charge in [0.15, 0.2) is 0 Å². The molecule has 0 radical (unpaired) electrons. The molecule has 19 heavy (non-hydrogen) atoms. The molecule has 2 heterocycles. The fourth-order valence-corrected chi connectivity index (χ4v) is 1.69. The van der Waals surface area contributed by atoms with Gasteiger partial charge in [0.05, 0.1) is 0 Å². The number of pyridine rings is 1. The van der Waals surface area contributed by atoms with Crippen LogP contribution >= 0.6 is 0 Å². The summed E-state index contributed by atoms with van der Waals surface area (Å²) in [4.78, 5) is 12.5. The average Bonchev–Trinajstić information content (AvgIpc) is 2.40. The van der Waals surface area contributed by atoms with E-state index in [1.807, 2.05) is 31.2 Å². The number of nitrogen functional groups attached to an aromatic ring is 1. The van der Waals surface area contributed by atoms with Crippen LogP contribution in [0.25, 0.3) is 0 Å². The van der Waals surface area contributed by atoms with Crippen LogP contribution in [0.1, 0.15) is 12.6 Å². The van der Waals surface area contributed by atoms with E-state index < -0.39 is 0 Å². The van der Waals surface area contributed by atoms with E-state index in [-0.39, 0.29) is 5.95 Å². The maximum Gasteiger partial charge on any atom is 0.223 e. The Morgan fingerprint density at radius 1 is 1.16 bits per heavy atom. The maximum absolute atomic E-state index is 5.66. The van der Waals surface area contributed by atoms with Gasteiger partial charge in [-0.25, -0.2) is 0 Å². The van der Waals surface area contributed by atoms with Crippen molar-refractivity contribution in [3.63, 3.8) is 0 Å². The molecule has 0 unspecified atom stereocenters. The lowest BCUT2D eigenvalue weighted by Gasteiger charge is -2.08. The van der Waals surface area contributed by atoms with Crippen molar-refractivity contribution in [3.8, 4) is 0 Å². The van der Waals surface area contributed by atoms with E-state index in [1.165, 1.54) is 0 Å². The molecule has 0 saturated heterocycles. The van der Waals surface area contributed by atoms with Crippen LogP contribution in [-0.4, -0.2) is 28.0 Å². The molecule has 2 rings (SSSR count). The predicted octanol–water partition coefficient (Wildman–Crippen LogP) is 1.54. The number of nitrogens with zero attached hydrogens (tertiary/aromatic N) is 3. The Kier molecular flexibility index (Phi) is 4.49. The highest BCUT2D eigenvalue weighted by Gasteiger charge is 2.01. The number of hydrogen-bond acceptors (Lipinski definition) is 6. The fourth-order valence-electron chi connectivity index (χ4n) is 1.69. The maximum atomic E-state index is 5.66. The Morgan fingerprint density at radius 2 is 1.95 bits per heavy atom. The van der Waals surface area contributed by atoms with Crippen LogP contribution in [0.3, 0.4) is 0 Å². The molecular weight excluding hydrogens is 240 g/mol. The first kappa shape index (κ1) is 13.1. The van der Waals surface area contributed by atoms with Crippen LogP contribution in [0.15, 0.2) is 30.5 Å². The van der Waals surface area contributed by atoms with Crippen LogP contribution in [0.4, 0.5) is 17.6 Å². The summed E-state index contributed by atoms with van der Waals surface area (Å²) in [5, 5.41) is 6.34. The first-order chi connectivity index (χ1) is 9.28. The van der Waals surface area contributed by atoms with Crippen molar-refractivity contribution >= 4 is 17.6 Å². The van der Waals surface area contributed by atoms with Crippen molar-refractivity contribution < 1.29 is 0 Å². The molecule has 4 N–H and O–H groups in total. The van der Waals surface area contributed by atoms with Gasteiger partial charge in [-0.15, -0.1) is 0 Å². The topological polar surface area (TPSA) is 88.8 Å². The van der Waals surface area contributed by atoms with Gasteiger partial charge in [0.1, 0.15) is 11.6 Å². The largest absolute Gasteiger partial charge is 0.370 e. The standard InChI is InChI=1S/C13H18N6/c1-2-15-11-9-12(19-13(14)18-11)17-8-6-10-5-3-4-7-16-10/h3-5,7,9H,2,6,8H2,1H3,(H4,14,15,17,18,19). The lowest BCUT2D eigenvalue weighted by molar-refractivity contribution is 0.951. The van der Waals surface area contributed by atoms with Crippen LogP contribution in [0.2, 0.25) is 0 Å². The zero-order valence-electron chi connectivity index (χ0n) is 10.9. The van der Waals surface area contributed by atoms with Crippen LogP contribution in [0, 0.1) is 0 Å². The molecule has 0 amide bonds. The Labute approximate surface area is 112 Å². The van der Waals surface area contributed by atoms with E-state index in [0.29, 0.717) is 0 Å². The quantitative estimate of drug-likeness (QED) is 0.728. The average molecular weight is 258 g/mol. The number of anilines is 3. The minimum atomic E-state index is 0.263. The summed E-state index contributed by atoms with van der Waals surface area (Å²) in [6.07, 6.45) is 2.63. The van der Waals surface area contributed by atoms with Crippen molar-refractivity contribution in [1.29, 1.82) is 0 Å². The molecule has 0 aromatic carbocycles. The van der Waals surface area contributed by atoms with Crippen molar-refractivity contribution in [2.75, 3.05) is 29.5 Å². The monoisotopic (exact) mass is 258 g/mol. The third-order valence-electron chi connectivity index (χ3n) is 2.51. The highest BCUT2D eigenvalue weighted by molar-refractivity contribution is 5.50. The molecule has 2 aromatic heterocycles. The molecule has 0 spiro atoms. The number of nitrogens with one attached hydrogen (secondary N) is 2. The highest BCUT2D eigenvalue weighted by Crippen LogP contribution is 2.12. The molecule has 100 valence electrons. The normalized spacial score (nSPS) is 10.2. The summed E-state index contributed by atoms with van der Waals surface area (Å²) in [6, 6.07) is 7.73. The van der Waals surface area contributed by atoms with Crippen molar-refractivity contribution in [1.82, 2.24) is 15.0 Å². The van der Waals surface area contributed by atoms with Gasteiger partial charge in [-0.05, 0) is 19.1 Å². The van der Waals surface area contributed by atoms with E-state index in [4.69, 9.17) is 5.73 Å². The lowest BCUT2D eigenvalue weighted by Crippen LogP contribution is -2.10. The van der Waals surface area contributed by atoms with Gasteiger partial charge in [-0.3, -0.25) is 4.98 Å². The predicted molar refractivity (Wildman–Crippen MR) is 77.0 cm³/mol. The minimum Gasteiger partial charge on any atom is -0.370 e. The van der Waals surface area contributed by atoms with Crippen LogP contribution in [0.5, 0.6) is 0 Å². The number of hydrogen-bond donors (Lipinski definition) is 3. The van der Waals surface area contributed by atoms with E-state index in [9.17, 15) is 0 Å². The second kappa shape index (κ2) is 6.53. The van der Waals surface area contributed by atoms with Gasteiger partial charge >= 0.3 is 0 Å². The smallest absolute Gasteiger partial charge is 0.223 e. The first-order valence-electron chi connectivity index (χ1n) is 6.30. The molecule has 0 fully saturated rings. The summed E-state index contributed by atoms with van der Waals surface area (Å²) in [7, 11) is 0. The number of nitrogens with two attached hydrogens (primary N) is 1. The second-order valence-electron chi connectivity index (χ2n) is 4.02. The van der Waals surface area contributed by atoms with Crippen molar-refractivity contribution in [3.05, 3.63) is 36.2 Å². The Balaban J connectivity index is 1.92. The molecule has 0 aliphatic heterocycles. The van der Waals surface area contributed by atoms with Crippen molar-refractivity contribution in [2.45, 2.75) is 13.3 Å². The second-order valence-corrected chi connectivity index (χ2v) is 4.02. The Bertz CT molecular complexity index is 514. The molecule has 0 bridgehead atoms. The van der Waals surface area contributed by atoms with E-state index >= 15 is 0 Å². The summed E-state index contributed by atoms with van der Waals surface area (Å²) in [6.45, 7) is 3.55. The summed E-state index contributed by atoms with van der Waals surface area (Å²) < 4.78 is 0. The van der Waals surface area contributed by atoms with E-state index in [0.717, 1.165) is 36.8 Å². The van der Waals surface area contributed by atoms with Crippen LogP contribution in [-0.2, 0) is 6.42 Å². The first-order valence-corrected chi connectivity index (χ1v) is 6.30. The van der Waals surface area contributed by atoms with Gasteiger partial charge in [0.2, 0.25) is 5.95 Å². The van der Waals surface area contributed by atoms with Crippen LogP contribution < -0.4 is 16.4 Å². The number of rotatable bonds is 6. The zero-order chi connectivity index (χ0) is 13.5.